The first-order valence-electron chi connectivity index (χ1n) is 25.6. The molecule has 0 radical (unpaired) electrons. The largest absolute Gasteiger partial charge is 0.466 e. The molecule has 0 bridgehead atoms. The van der Waals surface area contributed by atoms with Gasteiger partial charge in [0.15, 0.2) is 0 Å². The second kappa shape index (κ2) is 39.4. The van der Waals surface area contributed by atoms with Crippen molar-refractivity contribution in [3.63, 3.8) is 0 Å². The monoisotopic (exact) mass is 846 g/mol. The molecule has 60 heavy (non-hydrogen) atoms. The zero-order valence-electron chi connectivity index (χ0n) is 40.0. The minimum atomic E-state index is -0.390. The molecule has 0 atom stereocenters. The van der Waals surface area contributed by atoms with Crippen molar-refractivity contribution in [2.75, 3.05) is 57.1 Å². The SMILES string of the molecule is CCCCCCCCOC(=O)CCCCCCCN(CCCCCCCC(=O)OC(CCCCCCCC)CCCCCCCC)c1c(NCCCCN(C)C)c(=O)c1=O. The molecule has 9 heteroatoms. The number of rotatable bonds is 45. The molecule has 0 aliphatic carbocycles. The van der Waals surface area contributed by atoms with Gasteiger partial charge in [0.1, 0.15) is 17.5 Å². The number of anilines is 2. The van der Waals surface area contributed by atoms with Gasteiger partial charge in [-0.2, -0.15) is 0 Å². The van der Waals surface area contributed by atoms with Crippen LogP contribution in [0.1, 0.15) is 239 Å². The molecule has 0 amide bonds. The lowest BCUT2D eigenvalue weighted by Crippen LogP contribution is -2.43. The maximum absolute atomic E-state index is 12.9. The van der Waals surface area contributed by atoms with E-state index in [1.54, 1.807) is 0 Å². The molecule has 1 N–H and O–H groups in total. The lowest BCUT2D eigenvalue weighted by molar-refractivity contribution is -0.150. The number of carbonyl (C=O) groups is 2. The number of hydrogen-bond donors (Lipinski definition) is 1. The average molecular weight is 846 g/mol. The van der Waals surface area contributed by atoms with E-state index in [1.807, 2.05) is 0 Å². The fourth-order valence-corrected chi connectivity index (χ4v) is 8.10. The Kier molecular flexibility index (Phi) is 36.5. The highest BCUT2D eigenvalue weighted by atomic mass is 16.5. The summed E-state index contributed by atoms with van der Waals surface area (Å²) in [6.45, 7) is 10.4. The van der Waals surface area contributed by atoms with Gasteiger partial charge >= 0.3 is 11.9 Å². The van der Waals surface area contributed by atoms with Crippen molar-refractivity contribution < 1.29 is 19.1 Å². The molecule has 0 heterocycles. The fraction of sp³-hybridized carbons (Fsp3) is 0.882. The van der Waals surface area contributed by atoms with Crippen LogP contribution in [0, 0.1) is 0 Å². The van der Waals surface area contributed by atoms with Crippen molar-refractivity contribution in [2.45, 2.75) is 245 Å². The van der Waals surface area contributed by atoms with E-state index >= 15 is 0 Å². The third-order valence-electron chi connectivity index (χ3n) is 12.0. The minimum absolute atomic E-state index is 0.0339. The van der Waals surface area contributed by atoms with Crippen molar-refractivity contribution in [1.29, 1.82) is 0 Å². The van der Waals surface area contributed by atoms with Gasteiger partial charge in [0.2, 0.25) is 0 Å². The van der Waals surface area contributed by atoms with Gasteiger partial charge in [0, 0.05) is 32.5 Å². The highest BCUT2D eigenvalue weighted by Crippen LogP contribution is 2.23. The maximum atomic E-state index is 12.9. The van der Waals surface area contributed by atoms with Gasteiger partial charge in [-0.25, -0.2) is 0 Å². The highest BCUT2D eigenvalue weighted by Gasteiger charge is 2.25. The topological polar surface area (TPSA) is 105 Å². The van der Waals surface area contributed by atoms with E-state index in [4.69, 9.17) is 9.47 Å². The van der Waals surface area contributed by atoms with E-state index in [0.29, 0.717) is 37.4 Å². The van der Waals surface area contributed by atoms with Crippen molar-refractivity contribution >= 4 is 23.3 Å². The zero-order chi connectivity index (χ0) is 43.9. The average Bonchev–Trinajstić information content (AvgIpc) is 3.23. The first-order chi connectivity index (χ1) is 29.2. The van der Waals surface area contributed by atoms with Crippen LogP contribution in [0.5, 0.6) is 0 Å². The Bertz CT molecular complexity index is 1210. The number of hydrogen-bond acceptors (Lipinski definition) is 9. The summed E-state index contributed by atoms with van der Waals surface area (Å²) in [5.74, 6) is -0.115. The molecular weight excluding hydrogens is 751 g/mol. The summed E-state index contributed by atoms with van der Waals surface area (Å²) in [6.07, 6.45) is 36.8. The second-order valence-electron chi connectivity index (χ2n) is 18.1. The number of ether oxygens (including phenoxy) is 2. The standard InChI is InChI=1S/C51H95N3O6/c1-6-9-12-15-20-27-36-45(37-28-21-16-13-10-7-2)60-47(56)39-30-23-19-25-33-43-54(49-48(50(57)51(49)58)52-40-31-34-41-53(4)5)42-32-24-18-22-29-38-46(55)59-44-35-26-17-14-11-8-3/h45,52H,6-44H2,1-5H3. The third-order valence-corrected chi connectivity index (χ3v) is 12.0. The third kappa shape index (κ3) is 29.8. The molecule has 0 fully saturated rings. The van der Waals surface area contributed by atoms with Crippen LogP contribution < -0.4 is 21.1 Å². The Morgan fingerprint density at radius 2 is 0.933 bits per heavy atom. The van der Waals surface area contributed by atoms with E-state index in [-0.39, 0.29) is 28.9 Å². The van der Waals surface area contributed by atoms with Crippen LogP contribution in [0.4, 0.5) is 11.4 Å². The number of nitrogens with one attached hydrogen (secondary N) is 1. The Labute approximate surface area is 369 Å². The zero-order valence-corrected chi connectivity index (χ0v) is 40.0. The number of unbranched alkanes of at least 4 members (excludes halogenated alkanes) is 24. The van der Waals surface area contributed by atoms with Gasteiger partial charge < -0.3 is 24.6 Å². The van der Waals surface area contributed by atoms with Crippen molar-refractivity contribution in [3.8, 4) is 0 Å². The quantitative estimate of drug-likeness (QED) is 0.0390. The molecule has 1 rings (SSSR count). The number of esters is 2. The van der Waals surface area contributed by atoms with Crippen molar-refractivity contribution in [2.24, 2.45) is 0 Å². The smallest absolute Gasteiger partial charge is 0.306 e. The highest BCUT2D eigenvalue weighted by molar-refractivity contribution is 5.75. The van der Waals surface area contributed by atoms with Gasteiger partial charge in [0.05, 0.1) is 6.61 Å². The molecule has 1 aromatic rings. The Balaban J connectivity index is 2.53. The van der Waals surface area contributed by atoms with Gasteiger partial charge in [-0.1, -0.05) is 156 Å². The lowest BCUT2D eigenvalue weighted by atomic mass is 10.0. The van der Waals surface area contributed by atoms with Gasteiger partial charge in [-0.05, 0) is 91.3 Å². The predicted octanol–water partition coefficient (Wildman–Crippen LogP) is 12.8. The van der Waals surface area contributed by atoms with Gasteiger partial charge in [0.25, 0.3) is 10.9 Å². The van der Waals surface area contributed by atoms with Gasteiger partial charge in [-0.15, -0.1) is 0 Å². The molecule has 0 aliphatic heterocycles. The summed E-state index contributed by atoms with van der Waals surface area (Å²) in [7, 11) is 4.12. The van der Waals surface area contributed by atoms with E-state index in [0.717, 1.165) is 135 Å². The maximum Gasteiger partial charge on any atom is 0.306 e. The van der Waals surface area contributed by atoms with Crippen LogP contribution in [-0.2, 0) is 19.1 Å². The molecule has 0 aromatic heterocycles. The normalized spacial score (nSPS) is 11.6. The number of nitrogens with zero attached hydrogens (tertiary/aromatic N) is 2. The van der Waals surface area contributed by atoms with Crippen LogP contribution >= 0.6 is 0 Å². The van der Waals surface area contributed by atoms with E-state index in [9.17, 15) is 19.2 Å². The van der Waals surface area contributed by atoms with Crippen LogP contribution in [0.15, 0.2) is 9.59 Å². The Morgan fingerprint density at radius 1 is 0.500 bits per heavy atom. The molecule has 0 saturated carbocycles. The molecular formula is C51H95N3O6. The summed E-state index contributed by atoms with van der Waals surface area (Å²) in [5, 5.41) is 3.31. The molecule has 0 saturated heterocycles. The Hall–Kier alpha value is -2.42. The lowest BCUT2D eigenvalue weighted by Gasteiger charge is -2.28. The van der Waals surface area contributed by atoms with Crippen LogP contribution in [0.2, 0.25) is 0 Å². The van der Waals surface area contributed by atoms with Crippen LogP contribution in [0.3, 0.4) is 0 Å². The minimum Gasteiger partial charge on any atom is -0.466 e. The van der Waals surface area contributed by atoms with E-state index in [2.05, 4.69) is 50.0 Å². The molecule has 0 spiro atoms. The predicted molar refractivity (Wildman–Crippen MR) is 255 cm³/mol. The Morgan fingerprint density at radius 3 is 1.45 bits per heavy atom. The van der Waals surface area contributed by atoms with E-state index in [1.165, 1.54) is 89.9 Å². The summed E-state index contributed by atoms with van der Waals surface area (Å²) < 4.78 is 11.5. The molecule has 350 valence electrons. The molecule has 0 unspecified atom stereocenters. The molecule has 1 aromatic carbocycles. The van der Waals surface area contributed by atoms with Crippen LogP contribution in [-0.4, -0.2) is 69.8 Å². The van der Waals surface area contributed by atoms with Crippen molar-refractivity contribution in [3.05, 3.63) is 20.4 Å². The van der Waals surface area contributed by atoms with Crippen LogP contribution in [0.25, 0.3) is 0 Å². The molecule has 9 nitrogen and oxygen atoms in total. The molecule has 0 aliphatic rings. The summed E-state index contributed by atoms with van der Waals surface area (Å²) in [6, 6.07) is 0. The van der Waals surface area contributed by atoms with E-state index < -0.39 is 0 Å². The van der Waals surface area contributed by atoms with Gasteiger partial charge in [-0.3, -0.25) is 19.2 Å². The number of carbonyl (C=O) groups excluding carboxylic acids is 2. The first kappa shape index (κ1) is 55.6. The fourth-order valence-electron chi connectivity index (χ4n) is 8.10. The summed E-state index contributed by atoms with van der Waals surface area (Å²) in [4.78, 5) is 55.0. The van der Waals surface area contributed by atoms with Crippen molar-refractivity contribution in [1.82, 2.24) is 4.90 Å². The summed E-state index contributed by atoms with van der Waals surface area (Å²) >= 11 is 0. The summed E-state index contributed by atoms with van der Waals surface area (Å²) in [5.41, 5.74) is 0.309. The first-order valence-corrected chi connectivity index (χ1v) is 25.6. The second-order valence-corrected chi connectivity index (χ2v) is 18.1.